The lowest BCUT2D eigenvalue weighted by Gasteiger charge is -2.06. The quantitative estimate of drug-likeness (QED) is 0.871. The first-order valence-corrected chi connectivity index (χ1v) is 5.45. The van der Waals surface area contributed by atoms with Crippen LogP contribution < -0.4 is 11.1 Å². The number of carbonyl (C=O) groups is 1. The van der Waals surface area contributed by atoms with Crippen molar-refractivity contribution >= 4 is 17.4 Å². The minimum Gasteiger partial charge on any atom is -0.394 e. The molecule has 100 valence electrons. The fourth-order valence-corrected chi connectivity index (χ4v) is 1.64. The molecule has 0 saturated heterocycles. The van der Waals surface area contributed by atoms with Gasteiger partial charge in [0.2, 0.25) is 0 Å². The smallest absolute Gasteiger partial charge is 0.256 e. The van der Waals surface area contributed by atoms with Gasteiger partial charge >= 0.3 is 0 Å². The maximum atomic E-state index is 13.0. The lowest BCUT2D eigenvalue weighted by atomic mass is 10.2. The molecule has 0 atom stereocenters. The third kappa shape index (κ3) is 2.40. The van der Waals surface area contributed by atoms with Crippen molar-refractivity contribution in [1.82, 2.24) is 9.78 Å². The van der Waals surface area contributed by atoms with E-state index in [1.807, 2.05) is 0 Å². The molecule has 3 N–H and O–H groups in total. The Bertz CT molecular complexity index is 651. The largest absolute Gasteiger partial charge is 0.394 e. The third-order valence-corrected chi connectivity index (χ3v) is 2.68. The molecule has 0 saturated carbocycles. The van der Waals surface area contributed by atoms with Gasteiger partial charge in [-0.1, -0.05) is 0 Å². The van der Waals surface area contributed by atoms with Crippen LogP contribution in [0.1, 0.15) is 16.1 Å². The van der Waals surface area contributed by atoms with Gasteiger partial charge in [0.25, 0.3) is 5.91 Å². The monoisotopic (exact) mass is 266 g/mol. The molecular formula is C12H12F2N4O. The van der Waals surface area contributed by atoms with Gasteiger partial charge in [0.05, 0.1) is 11.4 Å². The van der Waals surface area contributed by atoms with Crippen molar-refractivity contribution in [2.24, 2.45) is 7.05 Å². The van der Waals surface area contributed by atoms with Gasteiger partial charge in [-0.2, -0.15) is 5.10 Å². The van der Waals surface area contributed by atoms with E-state index in [-0.39, 0.29) is 5.56 Å². The van der Waals surface area contributed by atoms with E-state index < -0.39 is 17.5 Å². The fraction of sp³-hybridized carbons (Fsp3) is 0.167. The van der Waals surface area contributed by atoms with Gasteiger partial charge in [0, 0.05) is 12.6 Å². The van der Waals surface area contributed by atoms with Crippen LogP contribution in [0.4, 0.5) is 20.3 Å². The number of nitrogens with zero attached hydrogens (tertiary/aromatic N) is 2. The molecule has 0 fully saturated rings. The average Bonchev–Trinajstić information content (AvgIpc) is 2.59. The van der Waals surface area contributed by atoms with Crippen LogP contribution in [0.25, 0.3) is 0 Å². The van der Waals surface area contributed by atoms with E-state index >= 15 is 0 Å². The van der Waals surface area contributed by atoms with E-state index in [2.05, 4.69) is 10.4 Å². The maximum Gasteiger partial charge on any atom is 0.256 e. The number of halogens is 2. The summed E-state index contributed by atoms with van der Waals surface area (Å²) in [5.41, 5.74) is 6.65. The molecule has 1 aromatic carbocycles. The molecule has 1 aromatic heterocycles. The van der Waals surface area contributed by atoms with Crippen molar-refractivity contribution < 1.29 is 13.6 Å². The van der Waals surface area contributed by atoms with Gasteiger partial charge in [-0.05, 0) is 25.1 Å². The van der Waals surface area contributed by atoms with E-state index in [0.717, 1.165) is 12.1 Å². The molecule has 0 bridgehead atoms. The molecular weight excluding hydrogens is 254 g/mol. The Labute approximate surface area is 108 Å². The summed E-state index contributed by atoms with van der Waals surface area (Å²) in [5, 5.41) is 6.54. The van der Waals surface area contributed by atoms with Crippen molar-refractivity contribution in [2.75, 3.05) is 11.1 Å². The minimum atomic E-state index is -1.08. The number of nitrogens with two attached hydrogens (primary N) is 1. The normalized spacial score (nSPS) is 10.5. The fourth-order valence-electron chi connectivity index (χ4n) is 1.64. The second-order valence-electron chi connectivity index (χ2n) is 4.05. The van der Waals surface area contributed by atoms with Crippen LogP contribution in [0.3, 0.4) is 0 Å². The van der Waals surface area contributed by atoms with Crippen LogP contribution in [0.15, 0.2) is 18.2 Å². The van der Waals surface area contributed by atoms with Crippen LogP contribution >= 0.6 is 0 Å². The summed E-state index contributed by atoms with van der Waals surface area (Å²) in [5.74, 6) is -2.37. The lowest BCUT2D eigenvalue weighted by molar-refractivity contribution is 0.102. The zero-order chi connectivity index (χ0) is 14.2. The number of aryl methyl sites for hydroxylation is 2. The van der Waals surface area contributed by atoms with Crippen molar-refractivity contribution in [2.45, 2.75) is 6.92 Å². The van der Waals surface area contributed by atoms with Gasteiger partial charge in [-0.3, -0.25) is 9.48 Å². The van der Waals surface area contributed by atoms with Crippen LogP contribution in [-0.2, 0) is 7.05 Å². The van der Waals surface area contributed by atoms with Crippen LogP contribution in [-0.4, -0.2) is 15.7 Å². The van der Waals surface area contributed by atoms with E-state index in [1.54, 1.807) is 14.0 Å². The summed E-state index contributed by atoms with van der Waals surface area (Å²) in [6.45, 7) is 1.70. The molecule has 1 amide bonds. The summed E-state index contributed by atoms with van der Waals surface area (Å²) in [7, 11) is 1.62. The van der Waals surface area contributed by atoms with Crippen molar-refractivity contribution in [3.05, 3.63) is 41.1 Å². The van der Waals surface area contributed by atoms with Crippen LogP contribution in [0, 0.1) is 18.6 Å². The van der Waals surface area contributed by atoms with E-state index in [0.29, 0.717) is 17.2 Å². The van der Waals surface area contributed by atoms with Gasteiger partial charge in [-0.15, -0.1) is 0 Å². The van der Waals surface area contributed by atoms with Crippen LogP contribution in [0.5, 0.6) is 0 Å². The van der Waals surface area contributed by atoms with Gasteiger partial charge < -0.3 is 11.1 Å². The summed E-state index contributed by atoms with van der Waals surface area (Å²) in [6, 6.07) is 2.90. The summed E-state index contributed by atoms with van der Waals surface area (Å²) >= 11 is 0. The highest BCUT2D eigenvalue weighted by molar-refractivity contribution is 6.05. The van der Waals surface area contributed by atoms with Crippen LogP contribution in [0.2, 0.25) is 0 Å². The number of nitrogens with one attached hydrogen (secondary N) is 1. The number of anilines is 2. The molecule has 1 heterocycles. The first kappa shape index (κ1) is 13.0. The minimum absolute atomic E-state index is 0.00264. The Morgan fingerprint density at radius 1 is 1.37 bits per heavy atom. The number of rotatable bonds is 2. The highest BCUT2D eigenvalue weighted by Crippen LogP contribution is 2.21. The predicted octanol–water partition coefficient (Wildman–Crippen LogP) is 1.84. The Morgan fingerprint density at radius 2 is 2.05 bits per heavy atom. The molecule has 2 aromatic rings. The van der Waals surface area contributed by atoms with Crippen molar-refractivity contribution in [1.29, 1.82) is 0 Å². The molecule has 5 nitrogen and oxygen atoms in total. The number of amides is 1. The second kappa shape index (κ2) is 4.68. The summed E-state index contributed by atoms with van der Waals surface area (Å²) in [6.07, 6.45) is 0. The molecule has 0 aliphatic heterocycles. The first-order chi connectivity index (χ1) is 8.90. The van der Waals surface area contributed by atoms with Gasteiger partial charge in [-0.25, -0.2) is 8.78 Å². The second-order valence-corrected chi connectivity index (χ2v) is 4.05. The maximum absolute atomic E-state index is 13.0. The number of carbonyl (C=O) groups excluding carboxylic acids is 1. The predicted molar refractivity (Wildman–Crippen MR) is 66.7 cm³/mol. The summed E-state index contributed by atoms with van der Waals surface area (Å²) in [4.78, 5) is 11.9. The molecule has 19 heavy (non-hydrogen) atoms. The Balaban J connectivity index is 2.28. The number of aromatic nitrogens is 2. The first-order valence-electron chi connectivity index (χ1n) is 5.45. The van der Waals surface area contributed by atoms with Crippen molar-refractivity contribution in [3.63, 3.8) is 0 Å². The lowest BCUT2D eigenvalue weighted by Crippen LogP contribution is -2.16. The molecule has 0 aliphatic rings. The molecule has 0 aliphatic carbocycles. The zero-order valence-corrected chi connectivity index (χ0v) is 10.4. The highest BCUT2D eigenvalue weighted by Gasteiger charge is 2.15. The Kier molecular flexibility index (Phi) is 3.20. The summed E-state index contributed by atoms with van der Waals surface area (Å²) < 4.78 is 27.2. The topological polar surface area (TPSA) is 72.9 Å². The number of nitrogen functional groups attached to an aromatic ring is 1. The number of hydrogen-bond acceptors (Lipinski definition) is 3. The van der Waals surface area contributed by atoms with Gasteiger partial charge in [0.1, 0.15) is 0 Å². The highest BCUT2D eigenvalue weighted by atomic mass is 19.2. The molecule has 0 spiro atoms. The van der Waals surface area contributed by atoms with Gasteiger partial charge in [0.15, 0.2) is 17.5 Å². The molecule has 2 rings (SSSR count). The van der Waals surface area contributed by atoms with E-state index in [4.69, 9.17) is 5.73 Å². The molecule has 0 radical (unpaired) electrons. The third-order valence-electron chi connectivity index (χ3n) is 2.68. The SMILES string of the molecule is Cc1nn(C)c(NC(=O)c2ccc(F)c(F)c2)c1N. The number of hydrogen-bond donors (Lipinski definition) is 2. The standard InChI is InChI=1S/C12H12F2N4O/c1-6-10(15)11(18(2)17-6)16-12(19)7-3-4-8(13)9(14)5-7/h3-5H,15H2,1-2H3,(H,16,19). The zero-order valence-electron chi connectivity index (χ0n) is 10.4. The molecule has 0 unspecified atom stereocenters. The Morgan fingerprint density at radius 3 is 2.58 bits per heavy atom. The molecule has 7 heteroatoms. The number of benzene rings is 1. The van der Waals surface area contributed by atoms with E-state index in [1.165, 1.54) is 10.7 Å². The van der Waals surface area contributed by atoms with E-state index in [9.17, 15) is 13.6 Å². The van der Waals surface area contributed by atoms with Crippen molar-refractivity contribution in [3.8, 4) is 0 Å². The average molecular weight is 266 g/mol. The Hall–Kier alpha value is -2.44.